The van der Waals surface area contributed by atoms with Gasteiger partial charge in [0, 0.05) is 0 Å². The summed E-state index contributed by atoms with van der Waals surface area (Å²) in [7, 11) is 0. The smallest absolute Gasteiger partial charge is 0.0950 e. The normalized spacial score (nSPS) is 10.4. The van der Waals surface area contributed by atoms with Gasteiger partial charge in [-0.1, -0.05) is 6.07 Å². The van der Waals surface area contributed by atoms with Crippen LogP contribution < -0.4 is 5.23 Å². The van der Waals surface area contributed by atoms with Gasteiger partial charge in [0.15, 0.2) is 0 Å². The Labute approximate surface area is 91.5 Å². The van der Waals surface area contributed by atoms with Crippen LogP contribution in [0.4, 0.5) is 5.69 Å². The number of anilines is 1. The van der Waals surface area contributed by atoms with E-state index < -0.39 is 0 Å². The maximum absolute atomic E-state index is 5.37. The van der Waals surface area contributed by atoms with E-state index in [2.05, 4.69) is 26.0 Å². The van der Waals surface area contributed by atoms with Gasteiger partial charge in [0.25, 0.3) is 0 Å². The number of benzene rings is 1. The van der Waals surface area contributed by atoms with E-state index in [9.17, 15) is 0 Å². The Morgan fingerprint density at radius 3 is 2.07 bits per heavy atom. The third-order valence-corrected chi connectivity index (χ3v) is 2.19. The maximum atomic E-state index is 5.37. The minimum atomic E-state index is 0.590. The fourth-order valence-corrected chi connectivity index (χ4v) is 1.26. The van der Waals surface area contributed by atoms with Gasteiger partial charge in [0.2, 0.25) is 0 Å². The highest BCUT2D eigenvalue weighted by Gasteiger charge is 2.07. The van der Waals surface area contributed by atoms with Gasteiger partial charge in [-0.3, -0.25) is 0 Å². The van der Waals surface area contributed by atoms with Crippen LogP contribution in [0.25, 0.3) is 0 Å². The minimum absolute atomic E-state index is 0.590. The lowest BCUT2D eigenvalue weighted by Gasteiger charge is -2.21. The van der Waals surface area contributed by atoms with Crippen molar-refractivity contribution in [1.82, 2.24) is 0 Å². The molecule has 0 bridgehead atoms. The first-order valence-corrected chi connectivity index (χ1v) is 5.32. The zero-order chi connectivity index (χ0) is 11.3. The molecule has 0 aliphatic carbocycles. The fraction of sp³-hybridized carbons (Fsp3) is 0.500. The molecule has 0 aromatic heterocycles. The lowest BCUT2D eigenvalue weighted by molar-refractivity contribution is -0.0817. The molecule has 0 saturated heterocycles. The van der Waals surface area contributed by atoms with E-state index in [0.717, 1.165) is 5.69 Å². The topological polar surface area (TPSA) is 21.7 Å². The Morgan fingerprint density at radius 1 is 1.00 bits per heavy atom. The molecule has 1 rings (SSSR count). The minimum Gasteiger partial charge on any atom is -0.249 e. The first-order chi connectivity index (χ1) is 7.19. The highest BCUT2D eigenvalue weighted by molar-refractivity contribution is 5.46. The average molecular weight is 209 g/mol. The van der Waals surface area contributed by atoms with Crippen LogP contribution in [-0.4, -0.2) is 13.2 Å². The Kier molecular flexibility index (Phi) is 4.59. The van der Waals surface area contributed by atoms with Crippen molar-refractivity contribution in [2.75, 3.05) is 18.4 Å². The van der Waals surface area contributed by atoms with Gasteiger partial charge in [0.1, 0.15) is 0 Å². The molecule has 0 amide bonds. The number of hydrogen-bond donors (Lipinski definition) is 0. The zero-order valence-electron chi connectivity index (χ0n) is 9.91. The highest BCUT2D eigenvalue weighted by Crippen LogP contribution is 2.19. The molecule has 0 atom stereocenters. The van der Waals surface area contributed by atoms with Gasteiger partial charge in [-0.05, 0) is 51.0 Å². The number of rotatable bonds is 5. The van der Waals surface area contributed by atoms with Gasteiger partial charge in [-0.25, -0.2) is 9.68 Å². The summed E-state index contributed by atoms with van der Waals surface area (Å²) in [6.45, 7) is 9.22. The standard InChI is InChI=1S/C12H19NO2/c1-5-14-13(15-6-2)12-8-7-10(3)11(4)9-12/h7-9H,5-6H2,1-4H3. The molecule has 15 heavy (non-hydrogen) atoms. The summed E-state index contributed by atoms with van der Waals surface area (Å²) in [6.07, 6.45) is 0. The first kappa shape index (κ1) is 12.0. The van der Waals surface area contributed by atoms with Crippen LogP contribution in [0.3, 0.4) is 0 Å². The molecule has 0 spiro atoms. The van der Waals surface area contributed by atoms with E-state index >= 15 is 0 Å². The lowest BCUT2D eigenvalue weighted by atomic mass is 10.1. The van der Waals surface area contributed by atoms with E-state index in [0.29, 0.717) is 13.2 Å². The van der Waals surface area contributed by atoms with E-state index in [1.807, 2.05) is 19.9 Å². The van der Waals surface area contributed by atoms with Crippen LogP contribution in [-0.2, 0) is 9.68 Å². The van der Waals surface area contributed by atoms with Crippen molar-refractivity contribution in [1.29, 1.82) is 0 Å². The summed E-state index contributed by atoms with van der Waals surface area (Å²) in [5, 5.41) is 1.48. The van der Waals surface area contributed by atoms with E-state index in [-0.39, 0.29) is 0 Å². The molecule has 0 N–H and O–H groups in total. The van der Waals surface area contributed by atoms with Crippen LogP contribution in [0.15, 0.2) is 18.2 Å². The first-order valence-electron chi connectivity index (χ1n) is 5.32. The van der Waals surface area contributed by atoms with Crippen molar-refractivity contribution in [3.05, 3.63) is 29.3 Å². The molecular formula is C12H19NO2. The number of aryl methyl sites for hydroxylation is 2. The van der Waals surface area contributed by atoms with Crippen LogP contribution >= 0.6 is 0 Å². The molecule has 3 nitrogen and oxygen atoms in total. The second-order valence-corrected chi connectivity index (χ2v) is 3.36. The van der Waals surface area contributed by atoms with Gasteiger partial charge in [-0.2, -0.15) is 0 Å². The summed E-state index contributed by atoms with van der Waals surface area (Å²) in [6, 6.07) is 6.12. The Balaban J connectivity index is 2.85. The third-order valence-electron chi connectivity index (χ3n) is 2.19. The maximum Gasteiger partial charge on any atom is 0.0950 e. The summed E-state index contributed by atoms with van der Waals surface area (Å²) < 4.78 is 0. The van der Waals surface area contributed by atoms with E-state index in [4.69, 9.17) is 9.68 Å². The van der Waals surface area contributed by atoms with Crippen molar-refractivity contribution in [3.8, 4) is 0 Å². The van der Waals surface area contributed by atoms with Crippen molar-refractivity contribution >= 4 is 5.69 Å². The molecule has 1 aromatic rings. The second kappa shape index (κ2) is 5.73. The summed E-state index contributed by atoms with van der Waals surface area (Å²) >= 11 is 0. The van der Waals surface area contributed by atoms with Crippen LogP contribution in [0.1, 0.15) is 25.0 Å². The van der Waals surface area contributed by atoms with Gasteiger partial charge in [-0.15, -0.1) is 5.23 Å². The molecule has 0 radical (unpaired) electrons. The summed E-state index contributed by atoms with van der Waals surface area (Å²) in [5.41, 5.74) is 3.44. The molecule has 0 unspecified atom stereocenters. The molecule has 84 valence electrons. The average Bonchev–Trinajstić information content (AvgIpc) is 2.22. The van der Waals surface area contributed by atoms with Crippen LogP contribution in [0.2, 0.25) is 0 Å². The summed E-state index contributed by atoms with van der Waals surface area (Å²) in [4.78, 5) is 10.7. The Morgan fingerprint density at radius 2 is 1.60 bits per heavy atom. The van der Waals surface area contributed by atoms with E-state index in [1.165, 1.54) is 16.4 Å². The van der Waals surface area contributed by atoms with Crippen LogP contribution in [0, 0.1) is 13.8 Å². The largest absolute Gasteiger partial charge is 0.249 e. The second-order valence-electron chi connectivity index (χ2n) is 3.36. The zero-order valence-corrected chi connectivity index (χ0v) is 9.91. The van der Waals surface area contributed by atoms with Gasteiger partial charge < -0.3 is 0 Å². The van der Waals surface area contributed by atoms with Crippen LogP contribution in [0.5, 0.6) is 0 Å². The lowest BCUT2D eigenvalue weighted by Crippen LogP contribution is -2.23. The SMILES string of the molecule is CCON(OCC)c1ccc(C)c(C)c1. The van der Waals surface area contributed by atoms with Gasteiger partial charge >= 0.3 is 0 Å². The summed E-state index contributed by atoms with van der Waals surface area (Å²) in [5.74, 6) is 0. The molecule has 0 aliphatic rings. The predicted octanol–water partition coefficient (Wildman–Crippen LogP) is 3.01. The highest BCUT2D eigenvalue weighted by atomic mass is 16.9. The van der Waals surface area contributed by atoms with Crippen molar-refractivity contribution < 1.29 is 9.68 Å². The van der Waals surface area contributed by atoms with Crippen molar-refractivity contribution in [2.24, 2.45) is 0 Å². The monoisotopic (exact) mass is 209 g/mol. The quantitative estimate of drug-likeness (QED) is 0.696. The molecule has 0 saturated carbocycles. The van der Waals surface area contributed by atoms with Crippen molar-refractivity contribution in [2.45, 2.75) is 27.7 Å². The predicted molar refractivity (Wildman–Crippen MR) is 61.6 cm³/mol. The fourth-order valence-electron chi connectivity index (χ4n) is 1.26. The molecule has 3 heteroatoms. The Bertz CT molecular complexity index is 306. The molecular weight excluding hydrogens is 190 g/mol. The number of nitrogens with zero attached hydrogens (tertiary/aromatic N) is 1. The van der Waals surface area contributed by atoms with Gasteiger partial charge in [0.05, 0.1) is 18.9 Å². The third kappa shape index (κ3) is 3.22. The Hall–Kier alpha value is -1.06. The molecule has 0 fully saturated rings. The molecule has 1 aromatic carbocycles. The molecule has 0 aliphatic heterocycles. The van der Waals surface area contributed by atoms with Crippen molar-refractivity contribution in [3.63, 3.8) is 0 Å². The number of hydrogen-bond acceptors (Lipinski definition) is 3. The van der Waals surface area contributed by atoms with E-state index in [1.54, 1.807) is 0 Å². The molecule has 0 heterocycles.